The van der Waals surface area contributed by atoms with Gasteiger partial charge >= 0.3 is 0 Å². The lowest BCUT2D eigenvalue weighted by Gasteiger charge is -2.24. The van der Waals surface area contributed by atoms with Crippen LogP contribution in [0.15, 0.2) is 4.99 Å². The van der Waals surface area contributed by atoms with Gasteiger partial charge < -0.3 is 25.0 Å². The molecule has 1 unspecified atom stereocenters. The molecule has 1 aliphatic rings. The molecule has 7 nitrogen and oxygen atoms in total. The van der Waals surface area contributed by atoms with Gasteiger partial charge in [0.15, 0.2) is 5.96 Å². The highest BCUT2D eigenvalue weighted by molar-refractivity contribution is 5.84. The van der Waals surface area contributed by atoms with Crippen LogP contribution in [0, 0.1) is 5.92 Å². The minimum Gasteiger partial charge on any atom is -0.383 e. The van der Waals surface area contributed by atoms with Crippen LogP contribution < -0.4 is 10.6 Å². The van der Waals surface area contributed by atoms with E-state index in [0.717, 1.165) is 19.6 Å². The maximum Gasteiger partial charge on any atom is 0.243 e. The van der Waals surface area contributed by atoms with Crippen LogP contribution in [-0.4, -0.2) is 76.9 Å². The van der Waals surface area contributed by atoms with E-state index < -0.39 is 0 Å². The van der Waals surface area contributed by atoms with Crippen molar-refractivity contribution in [1.29, 1.82) is 0 Å². The summed E-state index contributed by atoms with van der Waals surface area (Å²) in [6.07, 6.45) is 6.44. The maximum atomic E-state index is 11.7. The van der Waals surface area contributed by atoms with Crippen LogP contribution in [0.2, 0.25) is 0 Å². The zero-order chi connectivity index (χ0) is 18.5. The highest BCUT2D eigenvalue weighted by Gasteiger charge is 2.25. The van der Waals surface area contributed by atoms with Gasteiger partial charge in [-0.05, 0) is 32.1 Å². The molecule has 0 aromatic rings. The molecule has 1 aliphatic carbocycles. The molecule has 0 heterocycles. The van der Waals surface area contributed by atoms with Gasteiger partial charge in [-0.15, -0.1) is 0 Å². The summed E-state index contributed by atoms with van der Waals surface area (Å²) < 4.78 is 11.0. The van der Waals surface area contributed by atoms with Gasteiger partial charge in [-0.3, -0.25) is 4.79 Å². The van der Waals surface area contributed by atoms with Crippen LogP contribution in [0.1, 0.15) is 39.0 Å². The Bertz CT molecular complexity index is 396. The van der Waals surface area contributed by atoms with Crippen molar-refractivity contribution in [3.8, 4) is 0 Å². The number of hydrogen-bond donors (Lipinski definition) is 2. The third-order valence-electron chi connectivity index (χ3n) is 4.50. The van der Waals surface area contributed by atoms with Crippen molar-refractivity contribution in [2.45, 2.75) is 45.1 Å². The van der Waals surface area contributed by atoms with Crippen molar-refractivity contribution in [3.05, 3.63) is 0 Å². The number of rotatable bonds is 11. The van der Waals surface area contributed by atoms with Gasteiger partial charge in [0, 0.05) is 40.9 Å². The van der Waals surface area contributed by atoms with Crippen molar-refractivity contribution in [3.63, 3.8) is 0 Å². The van der Waals surface area contributed by atoms with Crippen LogP contribution in [-0.2, 0) is 14.3 Å². The SMILES string of the molecule is CCOC(CCNC(=NCC(=O)N(C)C)NCCOC)C1CCCC1. The van der Waals surface area contributed by atoms with Crippen molar-refractivity contribution < 1.29 is 14.3 Å². The van der Waals surface area contributed by atoms with Crippen LogP contribution in [0.5, 0.6) is 0 Å². The van der Waals surface area contributed by atoms with E-state index in [2.05, 4.69) is 22.5 Å². The van der Waals surface area contributed by atoms with Gasteiger partial charge in [0.05, 0.1) is 12.7 Å². The Kier molecular flexibility index (Phi) is 11.2. The van der Waals surface area contributed by atoms with Crippen LogP contribution >= 0.6 is 0 Å². The molecule has 0 bridgehead atoms. The molecule has 0 aromatic heterocycles. The average Bonchev–Trinajstić information content (AvgIpc) is 3.12. The first kappa shape index (κ1) is 21.7. The van der Waals surface area contributed by atoms with E-state index in [1.165, 1.54) is 25.7 Å². The monoisotopic (exact) mass is 356 g/mol. The summed E-state index contributed by atoms with van der Waals surface area (Å²) in [5.41, 5.74) is 0. The third kappa shape index (κ3) is 9.07. The molecule has 7 heteroatoms. The lowest BCUT2D eigenvalue weighted by atomic mass is 9.98. The smallest absolute Gasteiger partial charge is 0.243 e. The summed E-state index contributed by atoms with van der Waals surface area (Å²) in [4.78, 5) is 17.6. The number of amides is 1. The van der Waals surface area contributed by atoms with E-state index >= 15 is 0 Å². The molecule has 0 aromatic carbocycles. The lowest BCUT2D eigenvalue weighted by Crippen LogP contribution is -2.41. The van der Waals surface area contributed by atoms with Crippen molar-refractivity contribution in [1.82, 2.24) is 15.5 Å². The molecule has 1 fully saturated rings. The molecule has 1 saturated carbocycles. The molecule has 1 rings (SSSR count). The molecule has 0 radical (unpaired) electrons. The second kappa shape index (κ2) is 12.9. The topological polar surface area (TPSA) is 75.2 Å². The molecule has 1 atom stereocenters. The van der Waals surface area contributed by atoms with Gasteiger partial charge in [-0.25, -0.2) is 4.99 Å². The number of carbonyl (C=O) groups is 1. The van der Waals surface area contributed by atoms with Crippen LogP contribution in [0.4, 0.5) is 0 Å². The fraction of sp³-hybridized carbons (Fsp3) is 0.889. The Morgan fingerprint density at radius 3 is 2.52 bits per heavy atom. The van der Waals surface area contributed by atoms with Crippen LogP contribution in [0.3, 0.4) is 0 Å². The zero-order valence-corrected chi connectivity index (χ0v) is 16.3. The van der Waals surface area contributed by atoms with E-state index in [0.29, 0.717) is 31.1 Å². The second-order valence-corrected chi connectivity index (χ2v) is 6.63. The average molecular weight is 357 g/mol. The molecule has 0 spiro atoms. The summed E-state index contributed by atoms with van der Waals surface area (Å²) in [5, 5.41) is 6.51. The van der Waals surface area contributed by atoms with Crippen molar-refractivity contribution in [2.24, 2.45) is 10.9 Å². The van der Waals surface area contributed by atoms with Crippen molar-refractivity contribution >= 4 is 11.9 Å². The Morgan fingerprint density at radius 1 is 1.24 bits per heavy atom. The first-order chi connectivity index (χ1) is 12.1. The Hall–Kier alpha value is -1.34. The van der Waals surface area contributed by atoms with E-state index in [4.69, 9.17) is 9.47 Å². The number of nitrogens with one attached hydrogen (secondary N) is 2. The molecule has 0 saturated heterocycles. The summed E-state index contributed by atoms with van der Waals surface area (Å²) in [6, 6.07) is 0. The van der Waals surface area contributed by atoms with E-state index in [1.54, 1.807) is 26.1 Å². The number of hydrogen-bond acceptors (Lipinski definition) is 4. The quantitative estimate of drug-likeness (QED) is 0.331. The number of nitrogens with zero attached hydrogens (tertiary/aromatic N) is 2. The number of guanidine groups is 1. The number of methoxy groups -OCH3 is 1. The minimum absolute atomic E-state index is 0.0222. The molecule has 0 aliphatic heterocycles. The van der Waals surface area contributed by atoms with E-state index in [1.807, 2.05) is 0 Å². The van der Waals surface area contributed by atoms with Gasteiger partial charge in [0.25, 0.3) is 0 Å². The maximum absolute atomic E-state index is 11.7. The van der Waals surface area contributed by atoms with Crippen molar-refractivity contribution in [2.75, 3.05) is 54.1 Å². The van der Waals surface area contributed by atoms with E-state index in [9.17, 15) is 4.79 Å². The molecule has 146 valence electrons. The fourth-order valence-electron chi connectivity index (χ4n) is 3.07. The molecular formula is C18H36N4O3. The first-order valence-electron chi connectivity index (χ1n) is 9.41. The van der Waals surface area contributed by atoms with Crippen LogP contribution in [0.25, 0.3) is 0 Å². The molecule has 25 heavy (non-hydrogen) atoms. The van der Waals surface area contributed by atoms with Gasteiger partial charge in [0.2, 0.25) is 5.91 Å². The standard InChI is InChI=1S/C18H36N4O3/c1-5-25-16(15-8-6-7-9-15)10-11-19-18(20-12-13-24-4)21-14-17(23)22(2)3/h15-16H,5-14H2,1-4H3,(H2,19,20,21). The predicted molar refractivity (Wildman–Crippen MR) is 101 cm³/mol. The third-order valence-corrected chi connectivity index (χ3v) is 4.50. The number of carbonyl (C=O) groups excluding carboxylic acids is 1. The number of ether oxygens (including phenoxy) is 2. The Balaban J connectivity index is 2.48. The highest BCUT2D eigenvalue weighted by Crippen LogP contribution is 2.30. The minimum atomic E-state index is -0.0222. The Labute approximate surface area is 152 Å². The number of likely N-dealkylation sites (N-methyl/N-ethyl adjacent to an activating group) is 1. The summed E-state index contributed by atoms with van der Waals surface area (Å²) in [7, 11) is 5.13. The second-order valence-electron chi connectivity index (χ2n) is 6.63. The molecular weight excluding hydrogens is 320 g/mol. The zero-order valence-electron chi connectivity index (χ0n) is 16.3. The predicted octanol–water partition coefficient (Wildman–Crippen LogP) is 1.24. The summed E-state index contributed by atoms with van der Waals surface area (Å²) in [6.45, 7) is 4.96. The Morgan fingerprint density at radius 2 is 1.92 bits per heavy atom. The largest absolute Gasteiger partial charge is 0.383 e. The lowest BCUT2D eigenvalue weighted by molar-refractivity contribution is -0.127. The van der Waals surface area contributed by atoms with Gasteiger partial charge in [0.1, 0.15) is 6.54 Å². The summed E-state index contributed by atoms with van der Waals surface area (Å²) >= 11 is 0. The molecule has 1 amide bonds. The van der Waals surface area contributed by atoms with Gasteiger partial charge in [-0.1, -0.05) is 12.8 Å². The molecule has 2 N–H and O–H groups in total. The summed E-state index contributed by atoms with van der Waals surface area (Å²) in [5.74, 6) is 1.30. The van der Waals surface area contributed by atoms with E-state index in [-0.39, 0.29) is 12.5 Å². The first-order valence-corrected chi connectivity index (χ1v) is 9.41. The van der Waals surface area contributed by atoms with Gasteiger partial charge in [-0.2, -0.15) is 0 Å². The number of aliphatic imine (C=N–C) groups is 1. The highest BCUT2D eigenvalue weighted by atomic mass is 16.5. The fourth-order valence-corrected chi connectivity index (χ4v) is 3.07. The normalized spacial score (nSPS) is 16.7.